The van der Waals surface area contributed by atoms with Crippen molar-refractivity contribution >= 4 is 0 Å². The van der Waals surface area contributed by atoms with Crippen LogP contribution >= 0.6 is 0 Å². The molecule has 84 valence electrons. The van der Waals surface area contributed by atoms with Gasteiger partial charge in [-0.1, -0.05) is 13.8 Å². The van der Waals surface area contributed by atoms with Gasteiger partial charge in [-0.2, -0.15) is 0 Å². The highest BCUT2D eigenvalue weighted by Crippen LogP contribution is 2.13. The maximum atomic E-state index is 10.0. The predicted molar refractivity (Wildman–Crippen MR) is 59.4 cm³/mol. The van der Waals surface area contributed by atoms with Gasteiger partial charge in [0.25, 0.3) is 0 Å². The Labute approximate surface area is 87.3 Å². The second-order valence-electron chi connectivity index (χ2n) is 4.36. The third kappa shape index (κ3) is 3.56. The molecule has 0 aliphatic carbocycles. The summed E-state index contributed by atoms with van der Waals surface area (Å²) in [5, 5.41) is 16.8. The van der Waals surface area contributed by atoms with Crippen molar-refractivity contribution in [1.29, 1.82) is 0 Å². The minimum absolute atomic E-state index is 0.501. The van der Waals surface area contributed by atoms with Crippen LogP contribution in [0, 0.1) is 0 Å². The summed E-state index contributed by atoms with van der Waals surface area (Å²) in [6, 6.07) is 0.618. The van der Waals surface area contributed by atoms with Crippen LogP contribution in [-0.4, -0.2) is 36.4 Å². The van der Waals surface area contributed by atoms with E-state index in [0.29, 0.717) is 6.04 Å². The van der Waals surface area contributed by atoms with Crippen molar-refractivity contribution in [1.82, 2.24) is 10.6 Å². The van der Waals surface area contributed by atoms with E-state index in [4.69, 9.17) is 0 Å². The quantitative estimate of drug-likeness (QED) is 0.596. The van der Waals surface area contributed by atoms with Gasteiger partial charge in [-0.15, -0.1) is 0 Å². The summed E-state index contributed by atoms with van der Waals surface area (Å²) < 4.78 is 0. The molecule has 0 saturated carbocycles. The summed E-state index contributed by atoms with van der Waals surface area (Å²) in [5.74, 6) is 0. The van der Waals surface area contributed by atoms with Gasteiger partial charge in [-0.05, 0) is 32.2 Å². The lowest BCUT2D eigenvalue weighted by atomic mass is 9.97. The molecule has 0 bridgehead atoms. The molecule has 3 nitrogen and oxygen atoms in total. The number of nitrogens with one attached hydrogen (secondary N) is 2. The topological polar surface area (TPSA) is 44.3 Å². The molecule has 1 fully saturated rings. The fourth-order valence-electron chi connectivity index (χ4n) is 1.91. The third-order valence-electron chi connectivity index (χ3n) is 3.32. The molecule has 3 heteroatoms. The van der Waals surface area contributed by atoms with E-state index >= 15 is 0 Å². The molecule has 1 heterocycles. The van der Waals surface area contributed by atoms with E-state index in [1.165, 1.54) is 12.8 Å². The first-order valence-corrected chi connectivity index (χ1v) is 5.86. The number of hydrogen-bond acceptors (Lipinski definition) is 3. The van der Waals surface area contributed by atoms with Crippen molar-refractivity contribution in [2.24, 2.45) is 0 Å². The van der Waals surface area contributed by atoms with Gasteiger partial charge >= 0.3 is 0 Å². The normalized spacial score (nSPS) is 22.9. The van der Waals surface area contributed by atoms with Crippen LogP contribution in [0.15, 0.2) is 0 Å². The Balaban J connectivity index is 2.12. The summed E-state index contributed by atoms with van der Waals surface area (Å²) in [4.78, 5) is 0. The van der Waals surface area contributed by atoms with Crippen LogP contribution in [0.4, 0.5) is 0 Å². The van der Waals surface area contributed by atoms with Gasteiger partial charge in [-0.3, -0.25) is 0 Å². The zero-order valence-electron chi connectivity index (χ0n) is 9.47. The highest BCUT2D eigenvalue weighted by molar-refractivity contribution is 4.81. The maximum Gasteiger partial charge on any atom is 0.0766 e. The first-order chi connectivity index (χ1) is 6.70. The maximum absolute atomic E-state index is 10.0. The largest absolute Gasteiger partial charge is 0.389 e. The SMILES string of the molecule is CCC(O)(CC)CNCC1CCCN1. The van der Waals surface area contributed by atoms with Crippen LogP contribution in [0.2, 0.25) is 0 Å². The van der Waals surface area contributed by atoms with Gasteiger partial charge in [0.2, 0.25) is 0 Å². The number of rotatable bonds is 6. The number of hydrogen-bond donors (Lipinski definition) is 3. The molecule has 14 heavy (non-hydrogen) atoms. The summed E-state index contributed by atoms with van der Waals surface area (Å²) >= 11 is 0. The summed E-state index contributed by atoms with van der Waals surface area (Å²) in [6.07, 6.45) is 4.21. The molecule has 1 atom stereocenters. The highest BCUT2D eigenvalue weighted by Gasteiger charge is 2.22. The lowest BCUT2D eigenvalue weighted by molar-refractivity contribution is 0.0323. The Bertz CT molecular complexity index is 151. The van der Waals surface area contributed by atoms with Crippen LogP contribution in [0.3, 0.4) is 0 Å². The molecule has 0 radical (unpaired) electrons. The standard InChI is InChI=1S/C11H24N2O/c1-3-11(14,4-2)9-12-8-10-6-5-7-13-10/h10,12-14H,3-9H2,1-2H3. The third-order valence-corrected chi connectivity index (χ3v) is 3.32. The lowest BCUT2D eigenvalue weighted by Gasteiger charge is -2.26. The van der Waals surface area contributed by atoms with Crippen molar-refractivity contribution in [3.63, 3.8) is 0 Å². The lowest BCUT2D eigenvalue weighted by Crippen LogP contribution is -2.43. The Morgan fingerprint density at radius 1 is 1.43 bits per heavy atom. The van der Waals surface area contributed by atoms with Crippen molar-refractivity contribution in [2.75, 3.05) is 19.6 Å². The van der Waals surface area contributed by atoms with E-state index in [0.717, 1.165) is 32.5 Å². The summed E-state index contributed by atoms with van der Waals surface area (Å²) in [6.45, 7) is 6.94. The van der Waals surface area contributed by atoms with Gasteiger partial charge in [0.1, 0.15) is 0 Å². The second-order valence-corrected chi connectivity index (χ2v) is 4.36. The molecule has 0 amide bonds. The van der Waals surface area contributed by atoms with Gasteiger partial charge in [0.05, 0.1) is 5.60 Å². The minimum Gasteiger partial charge on any atom is -0.389 e. The summed E-state index contributed by atoms with van der Waals surface area (Å²) in [5.41, 5.74) is -0.501. The van der Waals surface area contributed by atoms with Crippen LogP contribution in [-0.2, 0) is 0 Å². The molecule has 1 unspecified atom stereocenters. The number of aliphatic hydroxyl groups is 1. The zero-order valence-corrected chi connectivity index (χ0v) is 9.47. The van der Waals surface area contributed by atoms with Crippen LogP contribution < -0.4 is 10.6 Å². The van der Waals surface area contributed by atoms with E-state index in [-0.39, 0.29) is 0 Å². The van der Waals surface area contributed by atoms with Crippen LogP contribution in [0.1, 0.15) is 39.5 Å². The Morgan fingerprint density at radius 3 is 2.64 bits per heavy atom. The van der Waals surface area contributed by atoms with Crippen molar-refractivity contribution in [3.8, 4) is 0 Å². The van der Waals surface area contributed by atoms with Crippen LogP contribution in [0.5, 0.6) is 0 Å². The summed E-state index contributed by atoms with van der Waals surface area (Å²) in [7, 11) is 0. The first-order valence-electron chi connectivity index (χ1n) is 5.86. The smallest absolute Gasteiger partial charge is 0.0766 e. The van der Waals surface area contributed by atoms with Crippen LogP contribution in [0.25, 0.3) is 0 Å². The van der Waals surface area contributed by atoms with Gasteiger partial charge in [0, 0.05) is 19.1 Å². The molecular formula is C11H24N2O. The van der Waals surface area contributed by atoms with E-state index in [1.807, 2.05) is 13.8 Å². The molecule has 3 N–H and O–H groups in total. The predicted octanol–water partition coefficient (Wildman–Crippen LogP) is 0.879. The monoisotopic (exact) mass is 200 g/mol. The van der Waals surface area contributed by atoms with Gasteiger partial charge in [-0.25, -0.2) is 0 Å². The van der Waals surface area contributed by atoms with Gasteiger partial charge in [0.15, 0.2) is 0 Å². The molecule has 1 aliphatic rings. The molecule has 0 aromatic rings. The van der Waals surface area contributed by atoms with E-state index in [2.05, 4.69) is 10.6 Å². The molecule has 1 rings (SSSR count). The van der Waals surface area contributed by atoms with Crippen molar-refractivity contribution < 1.29 is 5.11 Å². The molecule has 0 aromatic carbocycles. The van der Waals surface area contributed by atoms with E-state index < -0.39 is 5.60 Å². The second kappa shape index (κ2) is 5.69. The van der Waals surface area contributed by atoms with Crippen molar-refractivity contribution in [3.05, 3.63) is 0 Å². The molecular weight excluding hydrogens is 176 g/mol. The average Bonchev–Trinajstić information content (AvgIpc) is 2.70. The minimum atomic E-state index is -0.501. The van der Waals surface area contributed by atoms with E-state index in [9.17, 15) is 5.11 Å². The van der Waals surface area contributed by atoms with E-state index in [1.54, 1.807) is 0 Å². The highest BCUT2D eigenvalue weighted by atomic mass is 16.3. The molecule has 0 aromatic heterocycles. The zero-order chi connectivity index (χ0) is 10.4. The Hall–Kier alpha value is -0.120. The average molecular weight is 200 g/mol. The van der Waals surface area contributed by atoms with Crippen molar-refractivity contribution in [2.45, 2.75) is 51.2 Å². The van der Waals surface area contributed by atoms with Gasteiger partial charge < -0.3 is 15.7 Å². The Kier molecular flexibility index (Phi) is 4.85. The first kappa shape index (κ1) is 12.0. The Morgan fingerprint density at radius 2 is 2.14 bits per heavy atom. The molecule has 1 saturated heterocycles. The fraction of sp³-hybridized carbons (Fsp3) is 1.00. The molecule has 0 spiro atoms. The fourth-order valence-corrected chi connectivity index (χ4v) is 1.91. The molecule has 1 aliphatic heterocycles.